The fraction of sp³-hybridized carbons (Fsp3) is 0.240. The van der Waals surface area contributed by atoms with Crippen LogP contribution in [0.5, 0.6) is 5.75 Å². The van der Waals surface area contributed by atoms with Gasteiger partial charge in [-0.1, -0.05) is 50.1 Å². The van der Waals surface area contributed by atoms with Crippen LogP contribution in [0.3, 0.4) is 0 Å². The molecule has 4 rings (SSSR count). The van der Waals surface area contributed by atoms with Crippen LogP contribution in [0, 0.1) is 0 Å². The van der Waals surface area contributed by atoms with Crippen LogP contribution in [0.25, 0.3) is 34.1 Å². The summed E-state index contributed by atoms with van der Waals surface area (Å²) in [6.45, 7) is 2.21. The van der Waals surface area contributed by atoms with E-state index in [1.165, 1.54) is 18.2 Å². The third-order valence-corrected chi connectivity index (χ3v) is 5.36. The lowest BCUT2D eigenvalue weighted by molar-refractivity contribution is 0.415. The van der Waals surface area contributed by atoms with Crippen LogP contribution in [0.4, 0.5) is 5.82 Å². The number of aromatic amines is 1. The van der Waals surface area contributed by atoms with Gasteiger partial charge in [0, 0.05) is 16.3 Å². The van der Waals surface area contributed by atoms with Gasteiger partial charge in [-0.15, -0.1) is 0 Å². The largest absolute Gasteiger partial charge is 0.497 e. The average Bonchev–Trinajstić information content (AvgIpc) is 3.09. The van der Waals surface area contributed by atoms with Crippen LogP contribution < -0.4 is 10.5 Å². The number of anilines is 1. The Morgan fingerprint density at radius 3 is 2.48 bits per heavy atom. The number of fused-ring (bicyclic) bond motifs is 3. The molecule has 2 heterocycles. The van der Waals surface area contributed by atoms with Crippen molar-refractivity contribution in [2.45, 2.75) is 32.6 Å². The Balaban J connectivity index is 1.66. The van der Waals surface area contributed by atoms with Crippen molar-refractivity contribution in [3.05, 3.63) is 65.2 Å². The molecule has 29 heavy (non-hydrogen) atoms. The number of aryl methyl sites for hydroxylation is 1. The van der Waals surface area contributed by atoms with E-state index in [9.17, 15) is 0 Å². The summed E-state index contributed by atoms with van der Waals surface area (Å²) in [5.41, 5.74) is 11.6. The predicted octanol–water partition coefficient (Wildman–Crippen LogP) is 6.21. The lowest BCUT2D eigenvalue weighted by Gasteiger charge is -2.05. The van der Waals surface area contributed by atoms with E-state index in [0.29, 0.717) is 5.82 Å². The molecule has 0 aliphatic carbocycles. The second-order valence-electron chi connectivity index (χ2n) is 7.42. The standard InChI is InChI=1S/C25H27N3O/c1-3-4-5-6-19-16-22-21-15-18(8-7-17-9-12-20(29-2)13-10-17)11-14-23(21)27-25(22)28-24(19)26/h7-16H,3-6H2,1-2H3,(H3,26,27,28). The molecular weight excluding hydrogens is 358 g/mol. The molecule has 4 heteroatoms. The van der Waals surface area contributed by atoms with E-state index in [2.05, 4.69) is 65.4 Å². The van der Waals surface area contributed by atoms with Crippen LogP contribution in [-0.4, -0.2) is 17.1 Å². The number of unbranched alkanes of at least 4 members (excludes halogenated alkanes) is 2. The highest BCUT2D eigenvalue weighted by molar-refractivity contribution is 6.07. The number of methoxy groups -OCH3 is 1. The molecule has 148 valence electrons. The van der Waals surface area contributed by atoms with Crippen molar-refractivity contribution >= 4 is 39.9 Å². The topological polar surface area (TPSA) is 63.9 Å². The van der Waals surface area contributed by atoms with Gasteiger partial charge in [-0.2, -0.15) is 0 Å². The summed E-state index contributed by atoms with van der Waals surface area (Å²) in [5, 5.41) is 2.32. The molecule has 0 atom stereocenters. The molecule has 0 spiro atoms. The molecule has 0 amide bonds. The first kappa shape index (κ1) is 19.1. The van der Waals surface area contributed by atoms with Crippen molar-refractivity contribution < 1.29 is 4.74 Å². The quantitative estimate of drug-likeness (QED) is 0.294. The molecule has 2 aromatic heterocycles. The van der Waals surface area contributed by atoms with E-state index < -0.39 is 0 Å². The van der Waals surface area contributed by atoms with E-state index in [1.54, 1.807) is 7.11 Å². The predicted molar refractivity (Wildman–Crippen MR) is 123 cm³/mol. The zero-order valence-corrected chi connectivity index (χ0v) is 17.0. The van der Waals surface area contributed by atoms with Gasteiger partial charge in [-0.05, 0) is 59.9 Å². The minimum atomic E-state index is 0.639. The first-order valence-corrected chi connectivity index (χ1v) is 10.2. The number of pyridine rings is 1. The van der Waals surface area contributed by atoms with Gasteiger partial charge >= 0.3 is 0 Å². The highest BCUT2D eigenvalue weighted by atomic mass is 16.5. The molecule has 0 fully saturated rings. The van der Waals surface area contributed by atoms with E-state index in [4.69, 9.17) is 10.5 Å². The molecule has 0 radical (unpaired) electrons. The summed E-state index contributed by atoms with van der Waals surface area (Å²) >= 11 is 0. The fourth-order valence-corrected chi connectivity index (χ4v) is 3.67. The SMILES string of the molecule is CCCCCc1cc2c(nc1N)[nH]c1ccc(C=Cc3ccc(OC)cc3)cc12. The normalized spacial score (nSPS) is 11.7. The van der Waals surface area contributed by atoms with Gasteiger partial charge in [-0.25, -0.2) is 4.98 Å². The molecule has 0 unspecified atom stereocenters. The summed E-state index contributed by atoms with van der Waals surface area (Å²) in [7, 11) is 1.68. The maximum atomic E-state index is 6.20. The summed E-state index contributed by atoms with van der Waals surface area (Å²) in [5.74, 6) is 1.50. The molecule has 0 bridgehead atoms. The van der Waals surface area contributed by atoms with Crippen LogP contribution in [-0.2, 0) is 6.42 Å². The van der Waals surface area contributed by atoms with Crippen molar-refractivity contribution in [1.29, 1.82) is 0 Å². The molecule has 0 saturated heterocycles. The first-order valence-electron chi connectivity index (χ1n) is 10.2. The van der Waals surface area contributed by atoms with Crippen molar-refractivity contribution in [1.82, 2.24) is 9.97 Å². The van der Waals surface area contributed by atoms with Gasteiger partial charge < -0.3 is 15.5 Å². The summed E-state index contributed by atoms with van der Waals surface area (Å²) in [6.07, 6.45) is 8.78. The zero-order valence-electron chi connectivity index (χ0n) is 17.0. The number of nitrogens with two attached hydrogens (primary N) is 1. The van der Waals surface area contributed by atoms with Crippen LogP contribution in [0.2, 0.25) is 0 Å². The van der Waals surface area contributed by atoms with Gasteiger partial charge in [0.2, 0.25) is 0 Å². The van der Waals surface area contributed by atoms with Crippen molar-refractivity contribution in [3.63, 3.8) is 0 Å². The molecule has 0 aliphatic rings. The summed E-state index contributed by atoms with van der Waals surface area (Å²) in [6, 6.07) is 16.7. The van der Waals surface area contributed by atoms with Crippen LogP contribution in [0.1, 0.15) is 42.9 Å². The Bertz CT molecular complexity index is 1160. The lowest BCUT2D eigenvalue weighted by Crippen LogP contribution is -1.98. The summed E-state index contributed by atoms with van der Waals surface area (Å²) < 4.78 is 5.22. The Morgan fingerprint density at radius 1 is 0.966 bits per heavy atom. The molecular formula is C25H27N3O. The van der Waals surface area contributed by atoms with Gasteiger partial charge in [0.05, 0.1) is 7.11 Å². The van der Waals surface area contributed by atoms with E-state index in [0.717, 1.165) is 51.8 Å². The monoisotopic (exact) mass is 385 g/mol. The molecule has 3 N–H and O–H groups in total. The molecule has 4 aromatic rings. The number of nitrogen functional groups attached to an aromatic ring is 1. The minimum absolute atomic E-state index is 0.639. The number of H-pyrrole nitrogens is 1. The van der Waals surface area contributed by atoms with Crippen molar-refractivity contribution in [3.8, 4) is 5.75 Å². The smallest absolute Gasteiger partial charge is 0.140 e. The number of nitrogens with one attached hydrogen (secondary N) is 1. The number of aromatic nitrogens is 2. The highest BCUT2D eigenvalue weighted by Gasteiger charge is 2.10. The maximum Gasteiger partial charge on any atom is 0.140 e. The zero-order chi connectivity index (χ0) is 20.2. The Morgan fingerprint density at radius 2 is 1.72 bits per heavy atom. The molecule has 0 saturated carbocycles. The number of benzene rings is 2. The second kappa shape index (κ2) is 8.39. The van der Waals surface area contributed by atoms with Crippen molar-refractivity contribution in [2.75, 3.05) is 12.8 Å². The number of rotatable bonds is 7. The van der Waals surface area contributed by atoms with Crippen LogP contribution in [0.15, 0.2) is 48.5 Å². The first-order chi connectivity index (χ1) is 14.2. The minimum Gasteiger partial charge on any atom is -0.497 e. The summed E-state index contributed by atoms with van der Waals surface area (Å²) in [4.78, 5) is 8.02. The third kappa shape index (κ3) is 4.11. The Kier molecular flexibility index (Phi) is 5.52. The third-order valence-electron chi connectivity index (χ3n) is 5.36. The number of hydrogen-bond acceptors (Lipinski definition) is 3. The second-order valence-corrected chi connectivity index (χ2v) is 7.42. The highest BCUT2D eigenvalue weighted by Crippen LogP contribution is 2.29. The lowest BCUT2D eigenvalue weighted by atomic mass is 10.0. The van der Waals surface area contributed by atoms with Gasteiger partial charge in [0.1, 0.15) is 17.2 Å². The van der Waals surface area contributed by atoms with E-state index >= 15 is 0 Å². The van der Waals surface area contributed by atoms with Gasteiger partial charge in [0.25, 0.3) is 0 Å². The average molecular weight is 386 g/mol. The Hall–Kier alpha value is -3.27. The molecule has 4 nitrogen and oxygen atoms in total. The number of ether oxygens (including phenoxy) is 1. The van der Waals surface area contributed by atoms with E-state index in [-0.39, 0.29) is 0 Å². The molecule has 2 aromatic carbocycles. The van der Waals surface area contributed by atoms with Gasteiger partial charge in [-0.3, -0.25) is 0 Å². The van der Waals surface area contributed by atoms with Crippen molar-refractivity contribution in [2.24, 2.45) is 0 Å². The van der Waals surface area contributed by atoms with E-state index in [1.807, 2.05) is 12.1 Å². The number of hydrogen-bond donors (Lipinski definition) is 2. The number of nitrogens with zero attached hydrogens (tertiary/aromatic N) is 1. The van der Waals surface area contributed by atoms with Crippen LogP contribution >= 0.6 is 0 Å². The van der Waals surface area contributed by atoms with Gasteiger partial charge in [0.15, 0.2) is 0 Å². The maximum absolute atomic E-state index is 6.20. The fourth-order valence-electron chi connectivity index (χ4n) is 3.67. The molecule has 0 aliphatic heterocycles. The Labute approximate surface area is 171 Å².